The largest absolute Gasteiger partial charge is 0.457 e. The van der Waals surface area contributed by atoms with Crippen molar-refractivity contribution in [1.82, 2.24) is 9.44 Å². The number of benzene rings is 2. The monoisotopic (exact) mass is 472 g/mol. The summed E-state index contributed by atoms with van der Waals surface area (Å²) in [6.45, 7) is 2.94. The molecule has 2 unspecified atom stereocenters. The van der Waals surface area contributed by atoms with Gasteiger partial charge in [0.05, 0.1) is 23.0 Å². The Bertz CT molecular complexity index is 944. The lowest BCUT2D eigenvalue weighted by Gasteiger charge is -2.15. The predicted molar refractivity (Wildman–Crippen MR) is 116 cm³/mol. The molecular formula is C20H28N2O7S2. The molecule has 4 N–H and O–H groups in total. The van der Waals surface area contributed by atoms with Crippen LogP contribution in [0, 0.1) is 0 Å². The van der Waals surface area contributed by atoms with Crippen LogP contribution in [-0.4, -0.2) is 52.3 Å². The summed E-state index contributed by atoms with van der Waals surface area (Å²) in [5, 5.41) is 18.4. The van der Waals surface area contributed by atoms with Gasteiger partial charge in [0, 0.05) is 12.1 Å². The second-order valence-corrected chi connectivity index (χ2v) is 10.3. The molecule has 2 aromatic carbocycles. The first kappa shape index (κ1) is 25.2. The highest BCUT2D eigenvalue weighted by atomic mass is 32.2. The van der Waals surface area contributed by atoms with Gasteiger partial charge in [0.15, 0.2) is 0 Å². The van der Waals surface area contributed by atoms with Crippen molar-refractivity contribution < 1.29 is 31.8 Å². The van der Waals surface area contributed by atoms with Crippen molar-refractivity contribution in [3.05, 3.63) is 48.5 Å². The number of rotatable bonds is 12. The van der Waals surface area contributed by atoms with Crippen LogP contribution in [0.4, 0.5) is 0 Å². The zero-order valence-electron chi connectivity index (χ0n) is 17.4. The molecule has 2 rings (SSSR count). The van der Waals surface area contributed by atoms with Crippen molar-refractivity contribution in [3.8, 4) is 11.5 Å². The van der Waals surface area contributed by atoms with Crippen molar-refractivity contribution in [3.63, 3.8) is 0 Å². The van der Waals surface area contributed by atoms with Crippen molar-refractivity contribution in [2.24, 2.45) is 0 Å². The van der Waals surface area contributed by atoms with Gasteiger partial charge in [-0.1, -0.05) is 13.8 Å². The van der Waals surface area contributed by atoms with E-state index in [1.165, 1.54) is 48.5 Å². The topological polar surface area (TPSA) is 142 Å². The van der Waals surface area contributed by atoms with Crippen LogP contribution in [0.15, 0.2) is 58.3 Å². The molecule has 0 aromatic heterocycles. The van der Waals surface area contributed by atoms with Gasteiger partial charge < -0.3 is 14.9 Å². The van der Waals surface area contributed by atoms with E-state index in [0.717, 1.165) is 0 Å². The fourth-order valence-corrected chi connectivity index (χ4v) is 5.21. The van der Waals surface area contributed by atoms with E-state index in [2.05, 4.69) is 9.44 Å². The fourth-order valence-electron chi connectivity index (χ4n) is 2.58. The van der Waals surface area contributed by atoms with Gasteiger partial charge in [-0.05, 0) is 61.4 Å². The second-order valence-electron chi connectivity index (χ2n) is 6.86. The van der Waals surface area contributed by atoms with Gasteiger partial charge in [0.1, 0.15) is 11.5 Å². The smallest absolute Gasteiger partial charge is 0.240 e. The molecule has 9 nitrogen and oxygen atoms in total. The molecule has 0 radical (unpaired) electrons. The standard InChI is InChI=1S/C20H28N2O7S2/c1-3-15(13-23)21-30(25,26)19-9-5-17(6-10-19)29-18-7-11-20(12-8-18)31(27,28)22-16(4-2)14-24/h5-12,15-16,21-24H,3-4,13-14H2,1-2H3. The van der Waals surface area contributed by atoms with Crippen LogP contribution in [0.2, 0.25) is 0 Å². The van der Waals surface area contributed by atoms with Gasteiger partial charge >= 0.3 is 0 Å². The summed E-state index contributed by atoms with van der Waals surface area (Å²) in [7, 11) is -7.53. The molecule has 11 heteroatoms. The maximum Gasteiger partial charge on any atom is 0.240 e. The summed E-state index contributed by atoms with van der Waals surface area (Å²) in [4.78, 5) is 0.0715. The van der Waals surface area contributed by atoms with Crippen LogP contribution >= 0.6 is 0 Å². The Morgan fingerprint density at radius 1 is 0.710 bits per heavy atom. The lowest BCUT2D eigenvalue weighted by Crippen LogP contribution is -2.36. The third kappa shape index (κ3) is 6.99. The Kier molecular flexibility index (Phi) is 8.98. The van der Waals surface area contributed by atoms with Crippen molar-refractivity contribution >= 4 is 20.0 Å². The Morgan fingerprint density at radius 2 is 1.03 bits per heavy atom. The maximum absolute atomic E-state index is 12.3. The normalized spacial score (nSPS) is 14.2. The summed E-state index contributed by atoms with van der Waals surface area (Å²) < 4.78 is 59.9. The number of nitrogens with one attached hydrogen (secondary N) is 2. The van der Waals surface area contributed by atoms with Crippen molar-refractivity contribution in [1.29, 1.82) is 0 Å². The number of ether oxygens (including phenoxy) is 1. The summed E-state index contributed by atoms with van der Waals surface area (Å²) in [6, 6.07) is 10.3. The Balaban J connectivity index is 2.09. The molecule has 0 aliphatic rings. The Morgan fingerprint density at radius 3 is 1.29 bits per heavy atom. The molecule has 0 saturated heterocycles. The zero-order chi connectivity index (χ0) is 23.1. The Hall–Kier alpha value is -2.02. The molecule has 2 aromatic rings. The first-order chi connectivity index (χ1) is 14.6. The van der Waals surface area contributed by atoms with Crippen LogP contribution in [0.3, 0.4) is 0 Å². The number of hydrogen-bond donors (Lipinski definition) is 4. The number of hydrogen-bond acceptors (Lipinski definition) is 7. The number of sulfonamides is 2. The minimum atomic E-state index is -3.77. The minimum absolute atomic E-state index is 0.0358. The quantitative estimate of drug-likeness (QED) is 0.367. The van der Waals surface area contributed by atoms with Gasteiger partial charge in [0.2, 0.25) is 20.0 Å². The summed E-state index contributed by atoms with van der Waals surface area (Å²) in [5.74, 6) is 0.737. The van der Waals surface area contributed by atoms with E-state index in [1.807, 2.05) is 0 Å². The van der Waals surface area contributed by atoms with E-state index in [0.29, 0.717) is 24.3 Å². The van der Waals surface area contributed by atoms with Gasteiger partial charge in [-0.15, -0.1) is 0 Å². The average Bonchev–Trinajstić information content (AvgIpc) is 2.76. The van der Waals surface area contributed by atoms with Crippen LogP contribution in [-0.2, 0) is 20.0 Å². The highest BCUT2D eigenvalue weighted by molar-refractivity contribution is 7.89. The maximum atomic E-state index is 12.3. The van der Waals surface area contributed by atoms with Gasteiger partial charge in [-0.2, -0.15) is 0 Å². The average molecular weight is 473 g/mol. The molecule has 0 spiro atoms. The van der Waals surface area contributed by atoms with Gasteiger partial charge in [-0.25, -0.2) is 26.3 Å². The molecule has 0 fully saturated rings. The lowest BCUT2D eigenvalue weighted by atomic mass is 10.3. The second kappa shape index (κ2) is 11.0. The number of aliphatic hydroxyl groups is 2. The molecule has 0 saturated carbocycles. The minimum Gasteiger partial charge on any atom is -0.457 e. The highest BCUT2D eigenvalue weighted by Crippen LogP contribution is 2.24. The first-order valence-corrected chi connectivity index (χ1v) is 12.8. The molecule has 2 atom stereocenters. The SMILES string of the molecule is CCC(CO)NS(=O)(=O)c1ccc(Oc2ccc(S(=O)(=O)NC(CC)CO)cc2)cc1. The van der Waals surface area contributed by atoms with Crippen LogP contribution in [0.5, 0.6) is 11.5 Å². The zero-order valence-corrected chi connectivity index (χ0v) is 19.0. The van der Waals surface area contributed by atoms with Crippen molar-refractivity contribution in [2.45, 2.75) is 48.6 Å². The third-order valence-electron chi connectivity index (χ3n) is 4.57. The molecule has 0 bridgehead atoms. The number of aliphatic hydroxyl groups excluding tert-OH is 2. The van der Waals surface area contributed by atoms with Crippen LogP contribution in [0.25, 0.3) is 0 Å². The van der Waals surface area contributed by atoms with Crippen LogP contribution < -0.4 is 14.2 Å². The summed E-state index contributed by atoms with van der Waals surface area (Å²) in [5.41, 5.74) is 0. The molecule has 0 amide bonds. The fraction of sp³-hybridized carbons (Fsp3) is 0.400. The van der Waals surface area contributed by atoms with Gasteiger partial charge in [0.25, 0.3) is 0 Å². The molecule has 31 heavy (non-hydrogen) atoms. The third-order valence-corrected chi connectivity index (χ3v) is 7.65. The molecule has 172 valence electrons. The summed E-state index contributed by atoms with van der Waals surface area (Å²) in [6.07, 6.45) is 0.911. The first-order valence-electron chi connectivity index (χ1n) is 9.79. The van der Waals surface area contributed by atoms with Crippen molar-refractivity contribution in [2.75, 3.05) is 13.2 Å². The van der Waals surface area contributed by atoms with E-state index in [1.54, 1.807) is 13.8 Å². The molecular weight excluding hydrogens is 444 g/mol. The molecule has 0 heterocycles. The highest BCUT2D eigenvalue weighted by Gasteiger charge is 2.20. The van der Waals surface area contributed by atoms with Crippen LogP contribution in [0.1, 0.15) is 26.7 Å². The Labute approximate surface area is 183 Å². The molecule has 0 aliphatic heterocycles. The van der Waals surface area contributed by atoms with E-state index < -0.39 is 32.1 Å². The van der Waals surface area contributed by atoms with Gasteiger partial charge in [-0.3, -0.25) is 0 Å². The van der Waals surface area contributed by atoms with E-state index in [-0.39, 0.29) is 23.0 Å². The van der Waals surface area contributed by atoms with E-state index in [9.17, 15) is 27.0 Å². The van der Waals surface area contributed by atoms with E-state index in [4.69, 9.17) is 4.74 Å². The lowest BCUT2D eigenvalue weighted by molar-refractivity contribution is 0.253. The van der Waals surface area contributed by atoms with E-state index >= 15 is 0 Å². The molecule has 0 aliphatic carbocycles. The predicted octanol–water partition coefficient (Wildman–Crippen LogP) is 1.58. The summed E-state index contributed by atoms with van der Waals surface area (Å²) >= 11 is 0.